The zero-order valence-corrected chi connectivity index (χ0v) is 12.9. The first kappa shape index (κ1) is 14.3. The molecule has 1 N–H and O–H groups in total. The quantitative estimate of drug-likeness (QED) is 0.824. The van der Waals surface area contributed by atoms with Gasteiger partial charge in [-0.2, -0.15) is 0 Å². The Morgan fingerprint density at radius 2 is 1.78 bits per heavy atom. The zero-order chi connectivity index (χ0) is 13.4. The van der Waals surface area contributed by atoms with Gasteiger partial charge in [-0.3, -0.25) is 0 Å². The van der Waals surface area contributed by atoms with Gasteiger partial charge in [-0.05, 0) is 52.9 Å². The summed E-state index contributed by atoms with van der Waals surface area (Å²) in [5.74, 6) is 0.873. The molecule has 2 fully saturated rings. The molecule has 0 aromatic carbocycles. The van der Waals surface area contributed by atoms with Gasteiger partial charge in [0.05, 0.1) is 11.2 Å². The first-order chi connectivity index (χ1) is 8.34. The molecule has 2 aliphatic rings. The lowest BCUT2D eigenvalue weighted by Gasteiger charge is -2.37. The van der Waals surface area contributed by atoms with Gasteiger partial charge >= 0.3 is 0 Å². The summed E-state index contributed by atoms with van der Waals surface area (Å²) in [7, 11) is 0. The van der Waals surface area contributed by atoms with Crippen LogP contribution in [-0.2, 0) is 4.74 Å². The SMILES string of the molecule is CCC1CCCCC1NC1CC(C)(C)OC1(C)C. The molecule has 0 aromatic heterocycles. The molecular formula is C16H31NO. The van der Waals surface area contributed by atoms with Crippen molar-refractivity contribution < 1.29 is 4.74 Å². The van der Waals surface area contributed by atoms with Crippen LogP contribution in [0.1, 0.15) is 73.1 Å². The van der Waals surface area contributed by atoms with Crippen LogP contribution >= 0.6 is 0 Å². The fourth-order valence-electron chi connectivity index (χ4n) is 4.00. The molecule has 18 heavy (non-hydrogen) atoms. The van der Waals surface area contributed by atoms with Crippen LogP contribution in [0, 0.1) is 5.92 Å². The van der Waals surface area contributed by atoms with Gasteiger partial charge in [0.2, 0.25) is 0 Å². The summed E-state index contributed by atoms with van der Waals surface area (Å²) in [5.41, 5.74) is -0.00319. The largest absolute Gasteiger partial charge is 0.368 e. The van der Waals surface area contributed by atoms with Crippen LogP contribution in [0.5, 0.6) is 0 Å². The molecule has 1 saturated carbocycles. The highest BCUT2D eigenvalue weighted by Crippen LogP contribution is 2.38. The van der Waals surface area contributed by atoms with Crippen LogP contribution in [0.2, 0.25) is 0 Å². The van der Waals surface area contributed by atoms with Crippen LogP contribution < -0.4 is 5.32 Å². The maximum absolute atomic E-state index is 6.20. The highest BCUT2D eigenvalue weighted by molar-refractivity contribution is 5.00. The second-order valence-corrected chi connectivity index (χ2v) is 7.45. The first-order valence-electron chi connectivity index (χ1n) is 7.80. The number of rotatable bonds is 3. The highest BCUT2D eigenvalue weighted by Gasteiger charge is 2.46. The summed E-state index contributed by atoms with van der Waals surface area (Å²) < 4.78 is 6.20. The van der Waals surface area contributed by atoms with E-state index in [9.17, 15) is 0 Å². The summed E-state index contributed by atoms with van der Waals surface area (Å²) in [6.07, 6.45) is 8.03. The van der Waals surface area contributed by atoms with Crippen molar-refractivity contribution >= 4 is 0 Å². The lowest BCUT2D eigenvalue weighted by atomic mass is 9.81. The predicted octanol–water partition coefficient (Wildman–Crippen LogP) is 3.89. The van der Waals surface area contributed by atoms with E-state index >= 15 is 0 Å². The summed E-state index contributed by atoms with van der Waals surface area (Å²) in [4.78, 5) is 0. The molecule has 2 rings (SSSR count). The molecule has 0 radical (unpaired) electrons. The lowest BCUT2D eigenvalue weighted by molar-refractivity contribution is -0.0711. The first-order valence-corrected chi connectivity index (χ1v) is 7.80. The van der Waals surface area contributed by atoms with E-state index in [0.29, 0.717) is 12.1 Å². The van der Waals surface area contributed by atoms with Gasteiger partial charge in [0.1, 0.15) is 0 Å². The van der Waals surface area contributed by atoms with Crippen LogP contribution in [0.25, 0.3) is 0 Å². The Balaban J connectivity index is 2.00. The maximum Gasteiger partial charge on any atom is 0.0787 e. The average Bonchev–Trinajstić information content (AvgIpc) is 2.47. The van der Waals surface area contributed by atoms with Crippen molar-refractivity contribution in [1.29, 1.82) is 0 Å². The van der Waals surface area contributed by atoms with Crippen molar-refractivity contribution in [3.63, 3.8) is 0 Å². The second-order valence-electron chi connectivity index (χ2n) is 7.45. The molecule has 1 heterocycles. The van der Waals surface area contributed by atoms with E-state index in [0.717, 1.165) is 12.3 Å². The Labute approximate surface area is 113 Å². The van der Waals surface area contributed by atoms with Gasteiger partial charge < -0.3 is 10.1 Å². The van der Waals surface area contributed by atoms with Gasteiger partial charge in [-0.25, -0.2) is 0 Å². The lowest BCUT2D eigenvalue weighted by Crippen LogP contribution is -2.51. The third kappa shape index (κ3) is 3.08. The van der Waals surface area contributed by atoms with E-state index in [1.807, 2.05) is 0 Å². The van der Waals surface area contributed by atoms with Gasteiger partial charge in [0.25, 0.3) is 0 Å². The molecule has 1 saturated heterocycles. The van der Waals surface area contributed by atoms with Crippen molar-refractivity contribution in [1.82, 2.24) is 5.32 Å². The third-order valence-electron chi connectivity index (χ3n) is 4.92. The topological polar surface area (TPSA) is 21.3 Å². The van der Waals surface area contributed by atoms with Gasteiger partial charge in [-0.15, -0.1) is 0 Å². The van der Waals surface area contributed by atoms with Crippen molar-refractivity contribution in [2.75, 3.05) is 0 Å². The van der Waals surface area contributed by atoms with Crippen LogP contribution in [0.4, 0.5) is 0 Å². The van der Waals surface area contributed by atoms with Gasteiger partial charge in [0.15, 0.2) is 0 Å². The molecular weight excluding hydrogens is 222 g/mol. The molecule has 2 nitrogen and oxygen atoms in total. The molecule has 1 aliphatic carbocycles. The Bertz CT molecular complexity index is 285. The molecule has 2 heteroatoms. The van der Waals surface area contributed by atoms with E-state index < -0.39 is 0 Å². The van der Waals surface area contributed by atoms with Crippen LogP contribution in [0.3, 0.4) is 0 Å². The Hall–Kier alpha value is -0.0800. The standard InChI is InChI=1S/C16H31NO/c1-6-12-9-7-8-10-13(12)17-14-11-15(2,3)18-16(14,4)5/h12-14,17H,6-11H2,1-5H3. The number of ether oxygens (including phenoxy) is 1. The summed E-state index contributed by atoms with van der Waals surface area (Å²) in [5, 5.41) is 3.94. The minimum atomic E-state index is -0.0285. The second kappa shape index (κ2) is 5.13. The minimum Gasteiger partial charge on any atom is -0.368 e. The van der Waals surface area contributed by atoms with Crippen molar-refractivity contribution in [3.8, 4) is 0 Å². The van der Waals surface area contributed by atoms with E-state index in [4.69, 9.17) is 4.74 Å². The highest BCUT2D eigenvalue weighted by atomic mass is 16.5. The Morgan fingerprint density at radius 1 is 1.11 bits per heavy atom. The molecule has 1 aliphatic heterocycles. The van der Waals surface area contributed by atoms with E-state index in [1.54, 1.807) is 0 Å². The van der Waals surface area contributed by atoms with Gasteiger partial charge in [-0.1, -0.05) is 26.2 Å². The fraction of sp³-hybridized carbons (Fsp3) is 1.00. The number of nitrogens with one attached hydrogen (secondary N) is 1. The molecule has 0 bridgehead atoms. The predicted molar refractivity (Wildman–Crippen MR) is 76.8 cm³/mol. The maximum atomic E-state index is 6.20. The third-order valence-corrected chi connectivity index (χ3v) is 4.92. The summed E-state index contributed by atoms with van der Waals surface area (Å²) >= 11 is 0. The van der Waals surface area contributed by atoms with E-state index in [1.165, 1.54) is 32.1 Å². The zero-order valence-electron chi connectivity index (χ0n) is 12.9. The minimum absolute atomic E-state index is 0.0253. The number of hydrogen-bond donors (Lipinski definition) is 1. The van der Waals surface area contributed by atoms with Crippen molar-refractivity contribution in [2.45, 2.75) is 96.4 Å². The Morgan fingerprint density at radius 3 is 2.33 bits per heavy atom. The molecule has 3 unspecified atom stereocenters. The van der Waals surface area contributed by atoms with Gasteiger partial charge in [0, 0.05) is 12.1 Å². The monoisotopic (exact) mass is 253 g/mol. The molecule has 0 spiro atoms. The fourth-order valence-corrected chi connectivity index (χ4v) is 4.00. The van der Waals surface area contributed by atoms with Crippen molar-refractivity contribution in [2.24, 2.45) is 5.92 Å². The van der Waals surface area contributed by atoms with E-state index in [-0.39, 0.29) is 11.2 Å². The summed E-state index contributed by atoms with van der Waals surface area (Å²) in [6.45, 7) is 11.3. The molecule has 0 aromatic rings. The average molecular weight is 253 g/mol. The van der Waals surface area contributed by atoms with E-state index in [2.05, 4.69) is 39.9 Å². The summed E-state index contributed by atoms with van der Waals surface area (Å²) in [6, 6.07) is 1.22. The Kier molecular flexibility index (Phi) is 4.08. The normalized spacial score (nSPS) is 38.8. The molecule has 3 atom stereocenters. The smallest absolute Gasteiger partial charge is 0.0787 e. The molecule has 106 valence electrons. The molecule has 0 amide bonds. The van der Waals surface area contributed by atoms with Crippen LogP contribution in [0.15, 0.2) is 0 Å². The van der Waals surface area contributed by atoms with Crippen LogP contribution in [-0.4, -0.2) is 23.3 Å². The van der Waals surface area contributed by atoms with Crippen molar-refractivity contribution in [3.05, 3.63) is 0 Å². The number of hydrogen-bond acceptors (Lipinski definition) is 2.